The molecule has 8 nitrogen and oxygen atoms in total. The molecule has 0 radical (unpaired) electrons. The van der Waals surface area contributed by atoms with Crippen molar-refractivity contribution in [3.05, 3.63) is 53.1 Å². The number of benzene rings is 1. The second-order valence-electron chi connectivity index (χ2n) is 8.65. The highest BCUT2D eigenvalue weighted by molar-refractivity contribution is 6.03. The van der Waals surface area contributed by atoms with Crippen molar-refractivity contribution in [2.75, 3.05) is 18.0 Å². The van der Waals surface area contributed by atoms with Gasteiger partial charge in [0.15, 0.2) is 5.84 Å². The molecule has 0 spiro atoms. The van der Waals surface area contributed by atoms with E-state index >= 15 is 4.39 Å². The highest BCUT2D eigenvalue weighted by atomic mass is 19.1. The number of nitrogens with one attached hydrogen (secondary N) is 1. The average molecular weight is 427 g/mol. The Balaban J connectivity index is 1.93. The summed E-state index contributed by atoms with van der Waals surface area (Å²) in [4.78, 5) is 4.54. The van der Waals surface area contributed by atoms with Crippen LogP contribution in [-0.2, 0) is 13.0 Å². The molecule has 3 rings (SSSR count). The van der Waals surface area contributed by atoms with Crippen LogP contribution >= 0.6 is 0 Å². The first kappa shape index (κ1) is 22.7. The van der Waals surface area contributed by atoms with Crippen LogP contribution in [0.2, 0.25) is 0 Å². The number of rotatable bonds is 7. The third-order valence-corrected chi connectivity index (χ3v) is 5.60. The van der Waals surface area contributed by atoms with E-state index in [1.54, 1.807) is 6.20 Å². The Morgan fingerprint density at radius 2 is 2.00 bits per heavy atom. The standard InChI is InChI=1S/C22H31FN8/c1-14(2)8-17-9-19(23)21(22(24)28-29-25)20(10-17)30-11-15(3)31(16(4)12-30)13-18-6-5-7-26-27-18/h5-7,9-10,14-16H,8,11-13H2,1-4H3,(H3,24,25,28)/t15-,16?/m1/s1. The highest BCUT2D eigenvalue weighted by Gasteiger charge is 2.32. The van der Waals surface area contributed by atoms with Gasteiger partial charge in [-0.25, -0.2) is 4.39 Å². The number of piperazine rings is 1. The Morgan fingerprint density at radius 3 is 2.58 bits per heavy atom. The SMILES string of the molecule is CC(C)Cc1cc(F)c(C(N)=NN=N)c(N2CC(C)N(Cc3cccnn3)[C@H](C)C2)c1. The molecule has 1 aromatic carbocycles. The lowest BCUT2D eigenvalue weighted by Crippen LogP contribution is -2.56. The molecule has 1 aromatic heterocycles. The first-order valence-corrected chi connectivity index (χ1v) is 10.6. The minimum absolute atomic E-state index is 0.0825. The fourth-order valence-electron chi connectivity index (χ4n) is 4.31. The minimum Gasteiger partial charge on any atom is -0.382 e. The van der Waals surface area contributed by atoms with Gasteiger partial charge in [-0.05, 0) is 56.0 Å². The van der Waals surface area contributed by atoms with E-state index in [4.69, 9.17) is 11.3 Å². The zero-order valence-corrected chi connectivity index (χ0v) is 18.6. The molecule has 1 fully saturated rings. The van der Waals surface area contributed by atoms with Gasteiger partial charge in [-0.15, -0.1) is 5.10 Å². The molecule has 1 aliphatic rings. The van der Waals surface area contributed by atoms with Crippen molar-refractivity contribution in [2.24, 2.45) is 22.0 Å². The molecule has 166 valence electrons. The van der Waals surface area contributed by atoms with Gasteiger partial charge in [0.1, 0.15) is 5.82 Å². The van der Waals surface area contributed by atoms with Crippen molar-refractivity contribution in [1.29, 1.82) is 5.53 Å². The van der Waals surface area contributed by atoms with E-state index in [-0.39, 0.29) is 23.5 Å². The predicted molar refractivity (Wildman–Crippen MR) is 120 cm³/mol. The molecule has 3 N–H and O–H groups in total. The average Bonchev–Trinajstić information content (AvgIpc) is 2.70. The van der Waals surface area contributed by atoms with Gasteiger partial charge in [-0.3, -0.25) is 4.90 Å². The van der Waals surface area contributed by atoms with Gasteiger partial charge in [-0.1, -0.05) is 19.1 Å². The van der Waals surface area contributed by atoms with E-state index in [0.29, 0.717) is 31.2 Å². The van der Waals surface area contributed by atoms with Crippen LogP contribution in [0, 0.1) is 17.3 Å². The molecule has 2 aromatic rings. The molecule has 0 bridgehead atoms. The van der Waals surface area contributed by atoms with E-state index in [2.05, 4.69) is 58.0 Å². The molecule has 31 heavy (non-hydrogen) atoms. The maximum atomic E-state index is 15.1. The number of hydrogen-bond donors (Lipinski definition) is 2. The Labute approximate surface area is 182 Å². The zero-order chi connectivity index (χ0) is 22.5. The summed E-state index contributed by atoms with van der Waals surface area (Å²) >= 11 is 0. The van der Waals surface area contributed by atoms with Gasteiger partial charge in [0, 0.05) is 37.9 Å². The fraction of sp³-hybridized carbons (Fsp3) is 0.500. The normalized spacial score (nSPS) is 20.3. The van der Waals surface area contributed by atoms with Crippen LogP contribution < -0.4 is 10.6 Å². The molecule has 1 aliphatic heterocycles. The number of nitrogens with zero attached hydrogens (tertiary/aromatic N) is 6. The number of halogens is 1. The number of nitrogens with two attached hydrogens (primary N) is 1. The van der Waals surface area contributed by atoms with E-state index in [0.717, 1.165) is 17.7 Å². The molecule has 0 aliphatic carbocycles. The van der Waals surface area contributed by atoms with E-state index in [9.17, 15) is 0 Å². The maximum absolute atomic E-state index is 15.1. The first-order chi connectivity index (χ1) is 14.8. The summed E-state index contributed by atoms with van der Waals surface area (Å²) in [5.74, 6) is -0.115. The van der Waals surface area contributed by atoms with Crippen molar-refractivity contribution in [3.63, 3.8) is 0 Å². The summed E-state index contributed by atoms with van der Waals surface area (Å²) in [6.45, 7) is 10.6. The summed E-state index contributed by atoms with van der Waals surface area (Å²) in [5.41, 5.74) is 15.8. The Kier molecular flexibility index (Phi) is 7.27. The van der Waals surface area contributed by atoms with Gasteiger partial charge in [0.05, 0.1) is 16.9 Å². The summed E-state index contributed by atoms with van der Waals surface area (Å²) in [5, 5.41) is 14.8. The van der Waals surface area contributed by atoms with Crippen LogP contribution in [0.1, 0.15) is 44.5 Å². The number of hydrogen-bond acceptors (Lipinski definition) is 6. The largest absolute Gasteiger partial charge is 0.382 e. The molecular weight excluding hydrogens is 395 g/mol. The third-order valence-electron chi connectivity index (χ3n) is 5.60. The Morgan fingerprint density at radius 1 is 1.29 bits per heavy atom. The van der Waals surface area contributed by atoms with Crippen LogP contribution in [0.4, 0.5) is 10.1 Å². The van der Waals surface area contributed by atoms with Crippen molar-refractivity contribution in [1.82, 2.24) is 15.1 Å². The highest BCUT2D eigenvalue weighted by Crippen LogP contribution is 2.30. The van der Waals surface area contributed by atoms with Gasteiger partial charge in [0.25, 0.3) is 0 Å². The van der Waals surface area contributed by atoms with Crippen LogP contribution in [0.25, 0.3) is 0 Å². The molecular formula is C22H31FN8. The molecule has 1 unspecified atom stereocenters. The molecule has 2 heterocycles. The van der Waals surface area contributed by atoms with Crippen LogP contribution in [0.5, 0.6) is 0 Å². The minimum atomic E-state index is -0.430. The molecule has 0 saturated carbocycles. The second-order valence-corrected chi connectivity index (χ2v) is 8.65. The summed E-state index contributed by atoms with van der Waals surface area (Å²) in [6, 6.07) is 7.79. The fourth-order valence-corrected chi connectivity index (χ4v) is 4.31. The van der Waals surface area contributed by atoms with Crippen LogP contribution in [0.3, 0.4) is 0 Å². The lowest BCUT2D eigenvalue weighted by molar-refractivity contribution is 0.121. The first-order valence-electron chi connectivity index (χ1n) is 10.6. The van der Waals surface area contributed by atoms with Crippen LogP contribution in [-0.4, -0.2) is 46.1 Å². The summed E-state index contributed by atoms with van der Waals surface area (Å²) in [7, 11) is 0. The summed E-state index contributed by atoms with van der Waals surface area (Å²) in [6.07, 6.45) is 2.44. The lowest BCUT2D eigenvalue weighted by Gasteiger charge is -2.45. The molecule has 0 amide bonds. The quantitative estimate of drug-likeness (QED) is 0.305. The van der Waals surface area contributed by atoms with E-state index < -0.39 is 5.82 Å². The summed E-state index contributed by atoms with van der Waals surface area (Å²) < 4.78 is 15.1. The third kappa shape index (κ3) is 5.41. The molecule has 2 atom stereocenters. The topological polar surface area (TPSA) is 107 Å². The number of amidine groups is 1. The van der Waals surface area contributed by atoms with E-state index in [1.165, 1.54) is 6.07 Å². The van der Waals surface area contributed by atoms with Gasteiger partial charge < -0.3 is 10.6 Å². The van der Waals surface area contributed by atoms with Crippen molar-refractivity contribution < 1.29 is 4.39 Å². The van der Waals surface area contributed by atoms with Crippen molar-refractivity contribution >= 4 is 11.5 Å². The smallest absolute Gasteiger partial charge is 0.160 e. The van der Waals surface area contributed by atoms with Gasteiger partial charge in [0.2, 0.25) is 0 Å². The zero-order valence-electron chi connectivity index (χ0n) is 18.6. The van der Waals surface area contributed by atoms with Crippen molar-refractivity contribution in [2.45, 2.75) is 52.7 Å². The predicted octanol–water partition coefficient (Wildman–Crippen LogP) is 3.56. The van der Waals surface area contributed by atoms with Crippen molar-refractivity contribution in [3.8, 4) is 0 Å². The Hall–Kier alpha value is -2.94. The Bertz CT molecular complexity index is 919. The molecule has 1 saturated heterocycles. The van der Waals surface area contributed by atoms with Crippen LogP contribution in [0.15, 0.2) is 40.8 Å². The van der Waals surface area contributed by atoms with Gasteiger partial charge >= 0.3 is 0 Å². The monoisotopic (exact) mass is 426 g/mol. The lowest BCUT2D eigenvalue weighted by atomic mass is 9.97. The number of aromatic nitrogens is 2. The van der Waals surface area contributed by atoms with E-state index in [1.807, 2.05) is 18.2 Å². The number of anilines is 1. The second kappa shape index (κ2) is 9.91. The van der Waals surface area contributed by atoms with Gasteiger partial charge in [-0.2, -0.15) is 15.7 Å². The maximum Gasteiger partial charge on any atom is 0.160 e. The molecule has 9 heteroatoms.